The van der Waals surface area contributed by atoms with Gasteiger partial charge in [-0.3, -0.25) is 0 Å². The molecular formula is C10H10N2O2. The summed E-state index contributed by atoms with van der Waals surface area (Å²) in [6.45, 7) is 0. The molecule has 2 rings (SSSR count). The summed E-state index contributed by atoms with van der Waals surface area (Å²) in [7, 11) is 1.84. The second kappa shape index (κ2) is 2.77. The molecule has 3 N–H and O–H groups in total. The fraction of sp³-hybridized carbons (Fsp3) is 0.100. The molecule has 0 unspecified atom stereocenters. The topological polar surface area (TPSA) is 68.2 Å². The second-order valence-corrected chi connectivity index (χ2v) is 3.23. The van der Waals surface area contributed by atoms with E-state index in [-0.39, 0.29) is 5.56 Å². The molecule has 4 nitrogen and oxygen atoms in total. The molecule has 14 heavy (non-hydrogen) atoms. The molecule has 0 amide bonds. The highest BCUT2D eigenvalue weighted by Gasteiger charge is 2.07. The zero-order chi connectivity index (χ0) is 10.3. The average Bonchev–Trinajstić information content (AvgIpc) is 2.42. The van der Waals surface area contributed by atoms with Crippen LogP contribution in [0.4, 0.5) is 5.69 Å². The van der Waals surface area contributed by atoms with Crippen LogP contribution in [-0.2, 0) is 7.05 Å². The van der Waals surface area contributed by atoms with Crippen molar-refractivity contribution >= 4 is 22.6 Å². The number of carbonyl (C=O) groups is 1. The van der Waals surface area contributed by atoms with Gasteiger partial charge in [-0.25, -0.2) is 4.79 Å². The van der Waals surface area contributed by atoms with E-state index in [0.29, 0.717) is 5.69 Å². The van der Waals surface area contributed by atoms with Crippen molar-refractivity contribution in [3.63, 3.8) is 0 Å². The number of nitrogen functional groups attached to an aromatic ring is 1. The zero-order valence-electron chi connectivity index (χ0n) is 7.69. The molecule has 4 heteroatoms. The summed E-state index contributed by atoms with van der Waals surface area (Å²) in [4.78, 5) is 10.7. The first-order chi connectivity index (χ1) is 6.59. The third-order valence-electron chi connectivity index (χ3n) is 2.27. The van der Waals surface area contributed by atoms with Crippen LogP contribution in [0.25, 0.3) is 10.9 Å². The van der Waals surface area contributed by atoms with E-state index < -0.39 is 5.97 Å². The van der Waals surface area contributed by atoms with Gasteiger partial charge in [-0.2, -0.15) is 0 Å². The number of carboxylic acids is 1. The highest BCUT2D eigenvalue weighted by Crippen LogP contribution is 2.23. The molecule has 0 aliphatic rings. The van der Waals surface area contributed by atoms with E-state index in [1.807, 2.05) is 11.6 Å². The number of nitrogens with two attached hydrogens (primary N) is 1. The molecule has 2 aromatic rings. The number of aromatic nitrogens is 1. The van der Waals surface area contributed by atoms with E-state index in [2.05, 4.69) is 0 Å². The summed E-state index contributed by atoms with van der Waals surface area (Å²) in [5, 5.41) is 9.69. The SMILES string of the molecule is Cn1cc(N)c2ccc(C(=O)O)cc21. The predicted octanol–water partition coefficient (Wildman–Crippen LogP) is 1.46. The van der Waals surface area contributed by atoms with E-state index in [1.165, 1.54) is 0 Å². The summed E-state index contributed by atoms with van der Waals surface area (Å²) >= 11 is 0. The van der Waals surface area contributed by atoms with Crippen LogP contribution in [0.15, 0.2) is 24.4 Å². The van der Waals surface area contributed by atoms with Crippen molar-refractivity contribution in [3.05, 3.63) is 30.0 Å². The third kappa shape index (κ3) is 1.12. The molecule has 1 aromatic heterocycles. The lowest BCUT2D eigenvalue weighted by Gasteiger charge is -1.97. The molecule has 0 radical (unpaired) electrons. The van der Waals surface area contributed by atoms with Crippen molar-refractivity contribution in [2.75, 3.05) is 5.73 Å². The lowest BCUT2D eigenvalue weighted by molar-refractivity contribution is 0.0697. The van der Waals surface area contributed by atoms with E-state index in [0.717, 1.165) is 10.9 Å². The molecule has 1 heterocycles. The Labute approximate surface area is 80.6 Å². The van der Waals surface area contributed by atoms with E-state index in [4.69, 9.17) is 10.8 Å². The summed E-state index contributed by atoms with van der Waals surface area (Å²) in [5.41, 5.74) is 7.51. The fourth-order valence-electron chi connectivity index (χ4n) is 1.55. The van der Waals surface area contributed by atoms with Crippen LogP contribution in [0.3, 0.4) is 0 Å². The van der Waals surface area contributed by atoms with E-state index >= 15 is 0 Å². The molecule has 0 spiro atoms. The van der Waals surface area contributed by atoms with Gasteiger partial charge in [0.2, 0.25) is 0 Å². The van der Waals surface area contributed by atoms with E-state index in [9.17, 15) is 4.79 Å². The molecule has 0 bridgehead atoms. The fourth-order valence-corrected chi connectivity index (χ4v) is 1.55. The largest absolute Gasteiger partial charge is 0.478 e. The minimum atomic E-state index is -0.924. The summed E-state index contributed by atoms with van der Waals surface area (Å²) < 4.78 is 1.82. The van der Waals surface area contributed by atoms with Crippen molar-refractivity contribution in [1.82, 2.24) is 4.57 Å². The predicted molar refractivity (Wildman–Crippen MR) is 54.3 cm³/mol. The van der Waals surface area contributed by atoms with Crippen molar-refractivity contribution in [1.29, 1.82) is 0 Å². The minimum absolute atomic E-state index is 0.277. The van der Waals surface area contributed by atoms with Crippen LogP contribution in [0.1, 0.15) is 10.4 Å². The zero-order valence-corrected chi connectivity index (χ0v) is 7.69. The Hall–Kier alpha value is -1.97. The van der Waals surface area contributed by atoms with Gasteiger partial charge in [0.05, 0.1) is 16.8 Å². The van der Waals surface area contributed by atoms with Crippen LogP contribution in [0.2, 0.25) is 0 Å². The van der Waals surface area contributed by atoms with Crippen LogP contribution < -0.4 is 5.73 Å². The normalized spacial score (nSPS) is 10.6. The van der Waals surface area contributed by atoms with Gasteiger partial charge in [0.1, 0.15) is 0 Å². The van der Waals surface area contributed by atoms with Crippen LogP contribution >= 0.6 is 0 Å². The number of rotatable bonds is 1. The van der Waals surface area contributed by atoms with Gasteiger partial charge in [-0.15, -0.1) is 0 Å². The lowest BCUT2D eigenvalue weighted by Crippen LogP contribution is -1.96. The second-order valence-electron chi connectivity index (χ2n) is 3.23. The highest BCUT2D eigenvalue weighted by atomic mass is 16.4. The minimum Gasteiger partial charge on any atom is -0.478 e. The maximum Gasteiger partial charge on any atom is 0.335 e. The van der Waals surface area contributed by atoms with Crippen molar-refractivity contribution in [3.8, 4) is 0 Å². The molecule has 0 saturated carbocycles. The third-order valence-corrected chi connectivity index (χ3v) is 2.27. The van der Waals surface area contributed by atoms with Gasteiger partial charge < -0.3 is 15.4 Å². The first-order valence-corrected chi connectivity index (χ1v) is 4.17. The van der Waals surface area contributed by atoms with Gasteiger partial charge in [0.15, 0.2) is 0 Å². The average molecular weight is 190 g/mol. The Morgan fingerprint density at radius 2 is 2.21 bits per heavy atom. The number of aryl methyl sites for hydroxylation is 1. The van der Waals surface area contributed by atoms with Gasteiger partial charge in [-0.05, 0) is 18.2 Å². The molecule has 72 valence electrons. The first kappa shape index (κ1) is 8.62. The Bertz CT molecular complexity index is 514. The molecular weight excluding hydrogens is 180 g/mol. The molecule has 0 atom stereocenters. The van der Waals surface area contributed by atoms with Gasteiger partial charge >= 0.3 is 5.97 Å². The Balaban J connectivity index is 2.77. The molecule has 1 aromatic carbocycles. The van der Waals surface area contributed by atoms with Gasteiger partial charge in [0.25, 0.3) is 0 Å². The van der Waals surface area contributed by atoms with Crippen molar-refractivity contribution in [2.24, 2.45) is 7.05 Å². The van der Waals surface area contributed by atoms with Gasteiger partial charge in [0, 0.05) is 18.6 Å². The molecule has 0 aliphatic heterocycles. The van der Waals surface area contributed by atoms with Crippen molar-refractivity contribution < 1.29 is 9.90 Å². The maximum atomic E-state index is 10.7. The Morgan fingerprint density at radius 3 is 2.86 bits per heavy atom. The van der Waals surface area contributed by atoms with Crippen LogP contribution in [0, 0.1) is 0 Å². The molecule has 0 saturated heterocycles. The maximum absolute atomic E-state index is 10.7. The number of aromatic carboxylic acids is 1. The number of benzene rings is 1. The first-order valence-electron chi connectivity index (χ1n) is 4.17. The number of hydrogen-bond acceptors (Lipinski definition) is 2. The summed E-state index contributed by atoms with van der Waals surface area (Å²) in [6, 6.07) is 4.91. The number of fused-ring (bicyclic) bond motifs is 1. The van der Waals surface area contributed by atoms with E-state index in [1.54, 1.807) is 24.4 Å². The Kier molecular flexibility index (Phi) is 1.70. The number of carboxylic acid groups (broad SMARTS) is 1. The van der Waals surface area contributed by atoms with Crippen LogP contribution in [0.5, 0.6) is 0 Å². The lowest BCUT2D eigenvalue weighted by atomic mass is 10.1. The van der Waals surface area contributed by atoms with Crippen molar-refractivity contribution in [2.45, 2.75) is 0 Å². The quantitative estimate of drug-likeness (QED) is 0.715. The smallest absolute Gasteiger partial charge is 0.335 e. The summed E-state index contributed by atoms with van der Waals surface area (Å²) in [6.07, 6.45) is 1.77. The monoisotopic (exact) mass is 190 g/mol. The number of nitrogens with zero attached hydrogens (tertiary/aromatic N) is 1. The molecule has 0 fully saturated rings. The van der Waals surface area contributed by atoms with Crippen LogP contribution in [-0.4, -0.2) is 15.6 Å². The molecule has 0 aliphatic carbocycles. The Morgan fingerprint density at radius 1 is 1.50 bits per heavy atom. The number of hydrogen-bond donors (Lipinski definition) is 2. The summed E-state index contributed by atoms with van der Waals surface area (Å²) in [5.74, 6) is -0.924. The highest BCUT2D eigenvalue weighted by molar-refractivity contribution is 5.97. The van der Waals surface area contributed by atoms with Gasteiger partial charge in [-0.1, -0.05) is 0 Å². The standard InChI is InChI=1S/C10H10N2O2/c1-12-5-8(11)7-3-2-6(10(13)14)4-9(7)12/h2-5H,11H2,1H3,(H,13,14). The number of anilines is 1.